The van der Waals surface area contributed by atoms with Crippen LogP contribution in [0.25, 0.3) is 0 Å². The number of aromatic nitrogens is 3. The van der Waals surface area contributed by atoms with Crippen molar-refractivity contribution < 1.29 is 8.42 Å². The molecule has 0 bridgehead atoms. The van der Waals surface area contributed by atoms with E-state index in [1.807, 2.05) is 0 Å². The third-order valence-electron chi connectivity index (χ3n) is 2.14. The first-order valence-electron chi connectivity index (χ1n) is 4.99. The van der Waals surface area contributed by atoms with E-state index in [9.17, 15) is 8.42 Å². The summed E-state index contributed by atoms with van der Waals surface area (Å²) in [5.74, 6) is 0.559. The zero-order valence-corrected chi connectivity index (χ0v) is 10.0. The Kier molecular flexibility index (Phi) is 3.21. The summed E-state index contributed by atoms with van der Waals surface area (Å²) in [6.07, 6.45) is 2.90. The predicted octanol–water partition coefficient (Wildman–Crippen LogP) is 0.592. The molecule has 2 rings (SSSR count). The maximum Gasteiger partial charge on any atom is 0.257 e. The van der Waals surface area contributed by atoms with Crippen LogP contribution in [0.15, 0.2) is 35.6 Å². The number of nitrogens with zero attached hydrogens (tertiary/aromatic N) is 2. The molecule has 2 aromatic heterocycles. The highest BCUT2D eigenvalue weighted by Gasteiger charge is 2.15. The zero-order valence-electron chi connectivity index (χ0n) is 9.21. The summed E-state index contributed by atoms with van der Waals surface area (Å²) in [5, 5.41) is 0.0610. The number of H-pyrrole nitrogens is 1. The number of nitrogens with one attached hydrogen (secondary N) is 2. The first-order chi connectivity index (χ1) is 8.08. The fourth-order valence-corrected chi connectivity index (χ4v) is 2.25. The second-order valence-electron chi connectivity index (χ2n) is 3.48. The van der Waals surface area contributed by atoms with Gasteiger partial charge in [-0.15, -0.1) is 0 Å². The molecule has 0 aliphatic heterocycles. The molecular formula is C10H12N4O2S. The standard InChI is InChI=1S/C10H12N4O2S/c1-8-12-7-10(14-8)17(15,16)13-6-9-4-2-3-5-11-9/h2-5,7,13H,6H2,1H3,(H,12,14). The van der Waals surface area contributed by atoms with E-state index in [0.717, 1.165) is 0 Å². The third-order valence-corrected chi connectivity index (χ3v) is 3.45. The lowest BCUT2D eigenvalue weighted by atomic mass is 10.4. The van der Waals surface area contributed by atoms with Crippen LogP contribution in [0.1, 0.15) is 11.5 Å². The zero-order chi connectivity index (χ0) is 12.3. The Bertz CT molecular complexity index is 592. The molecule has 0 radical (unpaired) electrons. The van der Waals surface area contributed by atoms with Gasteiger partial charge in [0, 0.05) is 6.20 Å². The molecule has 0 aliphatic carbocycles. The lowest BCUT2D eigenvalue weighted by molar-refractivity contribution is 0.577. The largest absolute Gasteiger partial charge is 0.332 e. The van der Waals surface area contributed by atoms with E-state index in [1.165, 1.54) is 6.20 Å². The molecule has 0 atom stereocenters. The molecular weight excluding hydrogens is 240 g/mol. The smallest absolute Gasteiger partial charge is 0.257 e. The van der Waals surface area contributed by atoms with Gasteiger partial charge in [0.1, 0.15) is 5.82 Å². The molecule has 2 aromatic rings. The van der Waals surface area contributed by atoms with E-state index in [0.29, 0.717) is 11.5 Å². The predicted molar refractivity (Wildman–Crippen MR) is 61.6 cm³/mol. The van der Waals surface area contributed by atoms with Crippen LogP contribution >= 0.6 is 0 Å². The Morgan fingerprint density at radius 3 is 2.76 bits per heavy atom. The van der Waals surface area contributed by atoms with Crippen molar-refractivity contribution in [2.45, 2.75) is 18.5 Å². The highest BCUT2D eigenvalue weighted by Crippen LogP contribution is 2.05. The SMILES string of the molecule is Cc1ncc(S(=O)(=O)NCc2ccccn2)[nH]1. The average molecular weight is 252 g/mol. The van der Waals surface area contributed by atoms with Crippen molar-refractivity contribution in [2.75, 3.05) is 0 Å². The number of hydrogen-bond donors (Lipinski definition) is 2. The fourth-order valence-electron chi connectivity index (χ4n) is 1.28. The van der Waals surface area contributed by atoms with E-state index in [1.54, 1.807) is 31.3 Å². The second-order valence-corrected chi connectivity index (χ2v) is 5.21. The minimum Gasteiger partial charge on any atom is -0.332 e. The lowest BCUT2D eigenvalue weighted by Crippen LogP contribution is -2.24. The van der Waals surface area contributed by atoms with Crippen LogP contribution in [-0.4, -0.2) is 23.4 Å². The number of hydrogen-bond acceptors (Lipinski definition) is 4. The van der Waals surface area contributed by atoms with E-state index in [2.05, 4.69) is 19.7 Å². The van der Waals surface area contributed by atoms with Crippen molar-refractivity contribution in [3.8, 4) is 0 Å². The van der Waals surface area contributed by atoms with E-state index in [4.69, 9.17) is 0 Å². The Labute approximate surface area is 99.2 Å². The Hall–Kier alpha value is -1.73. The molecule has 0 amide bonds. The van der Waals surface area contributed by atoms with Crippen LogP contribution in [0.3, 0.4) is 0 Å². The number of sulfonamides is 1. The van der Waals surface area contributed by atoms with Crippen LogP contribution in [-0.2, 0) is 16.6 Å². The summed E-state index contributed by atoms with van der Waals surface area (Å²) in [6.45, 7) is 1.85. The molecule has 0 spiro atoms. The van der Waals surface area contributed by atoms with Gasteiger partial charge in [-0.2, -0.15) is 0 Å². The Balaban J connectivity index is 2.09. The molecule has 7 heteroatoms. The fraction of sp³-hybridized carbons (Fsp3) is 0.200. The summed E-state index contributed by atoms with van der Waals surface area (Å²) >= 11 is 0. The van der Waals surface area contributed by atoms with Gasteiger partial charge in [0.15, 0.2) is 5.03 Å². The van der Waals surface area contributed by atoms with Gasteiger partial charge < -0.3 is 4.98 Å². The normalized spacial score (nSPS) is 11.6. The summed E-state index contributed by atoms with van der Waals surface area (Å²) in [7, 11) is -3.55. The van der Waals surface area contributed by atoms with Gasteiger partial charge in [-0.1, -0.05) is 6.07 Å². The monoisotopic (exact) mass is 252 g/mol. The van der Waals surface area contributed by atoms with Gasteiger partial charge in [0.2, 0.25) is 0 Å². The molecule has 0 saturated heterocycles. The summed E-state index contributed by atoms with van der Waals surface area (Å²) in [6, 6.07) is 5.33. The van der Waals surface area contributed by atoms with E-state index in [-0.39, 0.29) is 11.6 Å². The Morgan fingerprint density at radius 1 is 1.35 bits per heavy atom. The van der Waals surface area contributed by atoms with Crippen LogP contribution < -0.4 is 4.72 Å². The Morgan fingerprint density at radius 2 is 2.18 bits per heavy atom. The van der Waals surface area contributed by atoms with Crippen LogP contribution in [0, 0.1) is 6.92 Å². The highest BCUT2D eigenvalue weighted by molar-refractivity contribution is 7.89. The number of aryl methyl sites for hydroxylation is 1. The molecule has 2 N–H and O–H groups in total. The molecule has 0 unspecified atom stereocenters. The quantitative estimate of drug-likeness (QED) is 0.833. The molecule has 0 aromatic carbocycles. The maximum absolute atomic E-state index is 11.8. The highest BCUT2D eigenvalue weighted by atomic mass is 32.2. The van der Waals surface area contributed by atoms with Crippen LogP contribution in [0.4, 0.5) is 0 Å². The average Bonchev–Trinajstić information content (AvgIpc) is 2.76. The van der Waals surface area contributed by atoms with Crippen molar-refractivity contribution in [1.82, 2.24) is 19.7 Å². The van der Waals surface area contributed by atoms with Gasteiger partial charge in [-0.05, 0) is 19.1 Å². The van der Waals surface area contributed by atoms with Gasteiger partial charge in [-0.3, -0.25) is 4.98 Å². The first kappa shape index (κ1) is 11.7. The van der Waals surface area contributed by atoms with Gasteiger partial charge >= 0.3 is 0 Å². The van der Waals surface area contributed by atoms with E-state index >= 15 is 0 Å². The first-order valence-corrected chi connectivity index (χ1v) is 6.47. The van der Waals surface area contributed by atoms with Crippen molar-refractivity contribution >= 4 is 10.0 Å². The summed E-state index contributed by atoms with van der Waals surface area (Å²) in [4.78, 5) is 10.5. The van der Waals surface area contributed by atoms with Gasteiger partial charge in [-0.25, -0.2) is 18.1 Å². The van der Waals surface area contributed by atoms with Crippen LogP contribution in [0.2, 0.25) is 0 Å². The van der Waals surface area contributed by atoms with Gasteiger partial charge in [0.25, 0.3) is 10.0 Å². The molecule has 6 nitrogen and oxygen atoms in total. The number of aromatic amines is 1. The minimum atomic E-state index is -3.55. The topological polar surface area (TPSA) is 87.7 Å². The van der Waals surface area contributed by atoms with E-state index < -0.39 is 10.0 Å². The number of rotatable bonds is 4. The molecule has 0 fully saturated rings. The second kappa shape index (κ2) is 4.64. The number of imidazole rings is 1. The maximum atomic E-state index is 11.8. The number of pyridine rings is 1. The molecule has 90 valence electrons. The van der Waals surface area contributed by atoms with Crippen molar-refractivity contribution in [1.29, 1.82) is 0 Å². The summed E-state index contributed by atoms with van der Waals surface area (Å²) in [5.41, 5.74) is 0.660. The van der Waals surface area contributed by atoms with Crippen molar-refractivity contribution in [2.24, 2.45) is 0 Å². The van der Waals surface area contributed by atoms with Crippen molar-refractivity contribution in [3.05, 3.63) is 42.1 Å². The van der Waals surface area contributed by atoms with Gasteiger partial charge in [0.05, 0.1) is 18.4 Å². The van der Waals surface area contributed by atoms with Crippen LogP contribution in [0.5, 0.6) is 0 Å². The van der Waals surface area contributed by atoms with Crippen molar-refractivity contribution in [3.63, 3.8) is 0 Å². The molecule has 17 heavy (non-hydrogen) atoms. The molecule has 0 saturated carbocycles. The molecule has 2 heterocycles. The summed E-state index contributed by atoms with van der Waals surface area (Å²) < 4.78 is 26.1. The third kappa shape index (κ3) is 2.89. The lowest BCUT2D eigenvalue weighted by Gasteiger charge is -2.03. The minimum absolute atomic E-state index is 0.0610. The molecule has 0 aliphatic rings.